The zero-order valence-electron chi connectivity index (χ0n) is 11.1. The molecule has 1 heterocycles. The minimum atomic E-state index is -0.323. The number of nitrogens with two attached hydrogens (primary N) is 2. The first kappa shape index (κ1) is 14.9. The van der Waals surface area contributed by atoms with Crippen LogP contribution in [-0.4, -0.2) is 28.9 Å². The van der Waals surface area contributed by atoms with E-state index in [2.05, 4.69) is 4.90 Å². The van der Waals surface area contributed by atoms with E-state index < -0.39 is 0 Å². The summed E-state index contributed by atoms with van der Waals surface area (Å²) in [6, 6.07) is 4.77. The molecule has 1 atom stereocenters. The molecule has 1 aromatic carbocycles. The Labute approximate surface area is 122 Å². The zero-order chi connectivity index (χ0) is 14.7. The number of nitrogens with zero attached hydrogens (tertiary/aromatic N) is 1. The van der Waals surface area contributed by atoms with E-state index in [4.69, 9.17) is 23.7 Å². The predicted octanol–water partition coefficient (Wildman–Crippen LogP) is 1.16. The molecule has 0 radical (unpaired) electrons. The van der Waals surface area contributed by atoms with E-state index in [1.807, 2.05) is 0 Å². The molecule has 4 nitrogen and oxygen atoms in total. The Morgan fingerprint density at radius 2 is 2.20 bits per heavy atom. The van der Waals surface area contributed by atoms with E-state index in [0.717, 1.165) is 19.4 Å². The first-order valence-electron chi connectivity index (χ1n) is 6.57. The summed E-state index contributed by atoms with van der Waals surface area (Å²) in [7, 11) is 0. The first-order chi connectivity index (χ1) is 9.47. The van der Waals surface area contributed by atoms with Gasteiger partial charge in [0, 0.05) is 24.2 Å². The molecule has 0 aliphatic carbocycles. The number of thiocarbonyl (C=S) groups is 1. The van der Waals surface area contributed by atoms with Gasteiger partial charge in [-0.05, 0) is 25.5 Å². The summed E-state index contributed by atoms with van der Waals surface area (Å²) < 4.78 is 14.0. The molecule has 0 saturated carbocycles. The van der Waals surface area contributed by atoms with Gasteiger partial charge in [0.2, 0.25) is 5.91 Å². The third-order valence-electron chi connectivity index (χ3n) is 3.64. The Hall–Kier alpha value is -1.53. The smallest absolute Gasteiger partial charge is 0.221 e. The first-order valence-corrected chi connectivity index (χ1v) is 6.98. The Balaban J connectivity index is 2.06. The number of halogens is 1. The lowest BCUT2D eigenvalue weighted by atomic mass is 9.97. The number of hydrogen-bond donors (Lipinski definition) is 2. The van der Waals surface area contributed by atoms with Gasteiger partial charge in [-0.15, -0.1) is 0 Å². The van der Waals surface area contributed by atoms with Crippen LogP contribution in [0.25, 0.3) is 0 Å². The summed E-state index contributed by atoms with van der Waals surface area (Å²) in [6.07, 6.45) is 1.72. The van der Waals surface area contributed by atoms with E-state index in [0.29, 0.717) is 24.2 Å². The van der Waals surface area contributed by atoms with Gasteiger partial charge in [0.25, 0.3) is 0 Å². The zero-order valence-corrected chi connectivity index (χ0v) is 12.0. The van der Waals surface area contributed by atoms with Gasteiger partial charge in [-0.25, -0.2) is 4.39 Å². The van der Waals surface area contributed by atoms with E-state index in [1.165, 1.54) is 6.07 Å². The lowest BCUT2D eigenvalue weighted by molar-refractivity contribution is -0.123. The number of amides is 1. The van der Waals surface area contributed by atoms with Gasteiger partial charge in [0.15, 0.2) is 0 Å². The fourth-order valence-electron chi connectivity index (χ4n) is 2.50. The van der Waals surface area contributed by atoms with Gasteiger partial charge in [0.1, 0.15) is 10.8 Å². The van der Waals surface area contributed by atoms with Crippen LogP contribution in [0.1, 0.15) is 24.0 Å². The number of carbonyl (C=O) groups excluding carboxylic acids is 1. The highest BCUT2D eigenvalue weighted by molar-refractivity contribution is 7.80. The number of primary amides is 1. The SMILES string of the molecule is NC(=O)C1CCCN(Cc2ccc(C(N)=S)cc2F)C1. The van der Waals surface area contributed by atoms with Crippen molar-refractivity contribution in [1.29, 1.82) is 0 Å². The highest BCUT2D eigenvalue weighted by Gasteiger charge is 2.24. The molecule has 1 aliphatic rings. The lowest BCUT2D eigenvalue weighted by Gasteiger charge is -2.31. The van der Waals surface area contributed by atoms with Crippen LogP contribution in [-0.2, 0) is 11.3 Å². The summed E-state index contributed by atoms with van der Waals surface area (Å²) >= 11 is 4.82. The van der Waals surface area contributed by atoms with Gasteiger partial charge < -0.3 is 11.5 Å². The van der Waals surface area contributed by atoms with E-state index >= 15 is 0 Å². The summed E-state index contributed by atoms with van der Waals surface area (Å²) in [5.74, 6) is -0.738. The normalized spacial score (nSPS) is 19.8. The van der Waals surface area contributed by atoms with Crippen LogP contribution < -0.4 is 11.5 Å². The van der Waals surface area contributed by atoms with Crippen LogP contribution in [0.4, 0.5) is 4.39 Å². The largest absolute Gasteiger partial charge is 0.389 e. The summed E-state index contributed by atoms with van der Waals surface area (Å²) in [5.41, 5.74) is 11.9. The molecule has 6 heteroatoms. The average molecular weight is 295 g/mol. The highest BCUT2D eigenvalue weighted by Crippen LogP contribution is 2.20. The number of benzene rings is 1. The molecule has 4 N–H and O–H groups in total. The van der Waals surface area contributed by atoms with E-state index in [-0.39, 0.29) is 22.6 Å². The van der Waals surface area contributed by atoms with Gasteiger partial charge >= 0.3 is 0 Å². The van der Waals surface area contributed by atoms with Crippen molar-refractivity contribution in [3.63, 3.8) is 0 Å². The van der Waals surface area contributed by atoms with E-state index in [9.17, 15) is 9.18 Å². The molecule has 0 spiro atoms. The van der Waals surface area contributed by atoms with Crippen molar-refractivity contribution in [2.45, 2.75) is 19.4 Å². The van der Waals surface area contributed by atoms with Crippen LogP contribution in [0, 0.1) is 11.7 Å². The second kappa shape index (κ2) is 6.28. The summed E-state index contributed by atoms with van der Waals surface area (Å²) in [5, 5.41) is 0. The molecular weight excluding hydrogens is 277 g/mol. The quantitative estimate of drug-likeness (QED) is 0.818. The summed E-state index contributed by atoms with van der Waals surface area (Å²) in [4.78, 5) is 13.5. The van der Waals surface area contributed by atoms with Gasteiger partial charge in [0.05, 0.1) is 5.92 Å². The van der Waals surface area contributed by atoms with E-state index in [1.54, 1.807) is 12.1 Å². The Kier molecular flexibility index (Phi) is 4.67. The fraction of sp³-hybridized carbons (Fsp3) is 0.429. The Bertz CT molecular complexity index is 535. The molecule has 0 bridgehead atoms. The van der Waals surface area contributed by atoms with Gasteiger partial charge in [-0.2, -0.15) is 0 Å². The van der Waals surface area contributed by atoms with Crippen molar-refractivity contribution in [1.82, 2.24) is 4.90 Å². The summed E-state index contributed by atoms with van der Waals surface area (Å²) in [6.45, 7) is 1.90. The van der Waals surface area contributed by atoms with Crippen LogP contribution in [0.5, 0.6) is 0 Å². The number of rotatable bonds is 4. The van der Waals surface area contributed by atoms with Crippen molar-refractivity contribution < 1.29 is 9.18 Å². The minimum Gasteiger partial charge on any atom is -0.389 e. The maximum atomic E-state index is 14.0. The minimum absolute atomic E-state index is 0.136. The van der Waals surface area contributed by atoms with Crippen LogP contribution in [0.3, 0.4) is 0 Å². The molecule has 0 aromatic heterocycles. The second-order valence-corrected chi connectivity index (χ2v) is 5.59. The third-order valence-corrected chi connectivity index (χ3v) is 3.88. The average Bonchev–Trinajstić information content (AvgIpc) is 2.41. The number of hydrogen-bond acceptors (Lipinski definition) is 3. The molecule has 1 fully saturated rings. The maximum absolute atomic E-state index is 14.0. The van der Waals surface area contributed by atoms with Crippen molar-refractivity contribution in [3.8, 4) is 0 Å². The molecule has 1 aliphatic heterocycles. The Morgan fingerprint density at radius 1 is 1.45 bits per heavy atom. The lowest BCUT2D eigenvalue weighted by Crippen LogP contribution is -2.40. The second-order valence-electron chi connectivity index (χ2n) is 5.15. The van der Waals surface area contributed by atoms with Crippen molar-refractivity contribution in [2.75, 3.05) is 13.1 Å². The number of piperidine rings is 1. The highest BCUT2D eigenvalue weighted by atomic mass is 32.1. The van der Waals surface area contributed by atoms with Crippen molar-refractivity contribution >= 4 is 23.1 Å². The molecule has 20 heavy (non-hydrogen) atoms. The van der Waals surface area contributed by atoms with Gasteiger partial charge in [-0.3, -0.25) is 9.69 Å². The number of likely N-dealkylation sites (tertiary alicyclic amines) is 1. The van der Waals surface area contributed by atoms with Crippen molar-refractivity contribution in [3.05, 3.63) is 35.1 Å². The molecule has 1 aromatic rings. The molecular formula is C14H18FN3OS. The monoisotopic (exact) mass is 295 g/mol. The standard InChI is InChI=1S/C14H18FN3OS/c15-12-6-9(14(17)20)3-4-10(12)7-18-5-1-2-11(8-18)13(16)19/h3-4,6,11H,1-2,5,7-8H2,(H2,16,19)(H2,17,20). The maximum Gasteiger partial charge on any atom is 0.221 e. The molecule has 1 unspecified atom stereocenters. The molecule has 2 rings (SSSR count). The van der Waals surface area contributed by atoms with Crippen molar-refractivity contribution in [2.24, 2.45) is 17.4 Å². The molecule has 1 saturated heterocycles. The topological polar surface area (TPSA) is 72.4 Å². The third kappa shape index (κ3) is 3.52. The Morgan fingerprint density at radius 3 is 2.80 bits per heavy atom. The number of carbonyl (C=O) groups is 1. The molecule has 108 valence electrons. The van der Waals surface area contributed by atoms with Crippen LogP contribution in [0.15, 0.2) is 18.2 Å². The van der Waals surface area contributed by atoms with Crippen LogP contribution >= 0.6 is 12.2 Å². The van der Waals surface area contributed by atoms with Crippen LogP contribution in [0.2, 0.25) is 0 Å². The van der Waals surface area contributed by atoms with Gasteiger partial charge in [-0.1, -0.05) is 24.4 Å². The predicted molar refractivity (Wildman–Crippen MR) is 79.5 cm³/mol. The fourth-order valence-corrected chi connectivity index (χ4v) is 2.63. The molecule has 1 amide bonds.